The number of nitrogens with one attached hydrogen (secondary N) is 1. The van der Waals surface area contributed by atoms with Gasteiger partial charge in [0.2, 0.25) is 5.91 Å². The zero-order chi connectivity index (χ0) is 13.4. The third kappa shape index (κ3) is 4.78. The Kier molecular flexibility index (Phi) is 7.64. The summed E-state index contributed by atoms with van der Waals surface area (Å²) >= 11 is 0. The SMILES string of the molecule is CO[C@@H]([C@H](OC)[C@H](C=O)NC(C)=O)[C@H](O)CO. The summed E-state index contributed by atoms with van der Waals surface area (Å²) in [6, 6.07) is -0.955. The molecule has 4 atom stereocenters. The molecule has 0 aromatic carbocycles. The van der Waals surface area contributed by atoms with E-state index in [1.165, 1.54) is 21.1 Å². The summed E-state index contributed by atoms with van der Waals surface area (Å²) in [5, 5.41) is 20.7. The van der Waals surface area contributed by atoms with Gasteiger partial charge in [-0.1, -0.05) is 0 Å². The maximum absolute atomic E-state index is 10.9. The highest BCUT2D eigenvalue weighted by Crippen LogP contribution is 2.11. The van der Waals surface area contributed by atoms with Gasteiger partial charge < -0.3 is 29.8 Å². The average Bonchev–Trinajstić information content (AvgIpc) is 2.32. The number of aldehydes is 1. The summed E-state index contributed by atoms with van der Waals surface area (Å²) in [5.41, 5.74) is 0. The van der Waals surface area contributed by atoms with E-state index in [1.807, 2.05) is 0 Å². The minimum Gasteiger partial charge on any atom is -0.394 e. The van der Waals surface area contributed by atoms with E-state index in [1.54, 1.807) is 0 Å². The van der Waals surface area contributed by atoms with E-state index in [4.69, 9.17) is 14.6 Å². The number of methoxy groups -OCH3 is 2. The lowest BCUT2D eigenvalue weighted by molar-refractivity contribution is -0.137. The van der Waals surface area contributed by atoms with E-state index in [-0.39, 0.29) is 0 Å². The Morgan fingerprint density at radius 3 is 2.18 bits per heavy atom. The van der Waals surface area contributed by atoms with Crippen LogP contribution in [0.1, 0.15) is 6.92 Å². The molecule has 17 heavy (non-hydrogen) atoms. The predicted molar refractivity (Wildman–Crippen MR) is 58.4 cm³/mol. The van der Waals surface area contributed by atoms with Crippen LogP contribution >= 0.6 is 0 Å². The van der Waals surface area contributed by atoms with Crippen molar-refractivity contribution >= 4 is 12.2 Å². The zero-order valence-corrected chi connectivity index (χ0v) is 10.1. The van der Waals surface area contributed by atoms with E-state index in [0.29, 0.717) is 6.29 Å². The van der Waals surface area contributed by atoms with Gasteiger partial charge in [-0.2, -0.15) is 0 Å². The second kappa shape index (κ2) is 8.13. The zero-order valence-electron chi connectivity index (χ0n) is 10.1. The van der Waals surface area contributed by atoms with Crippen molar-refractivity contribution in [3.8, 4) is 0 Å². The number of rotatable bonds is 8. The number of amides is 1. The molecule has 0 rings (SSSR count). The fraction of sp³-hybridized carbons (Fsp3) is 0.800. The summed E-state index contributed by atoms with van der Waals surface area (Å²) in [6.45, 7) is 0.720. The summed E-state index contributed by atoms with van der Waals surface area (Å²) in [4.78, 5) is 21.8. The van der Waals surface area contributed by atoms with Gasteiger partial charge in [0.05, 0.1) is 6.61 Å². The lowest BCUT2D eigenvalue weighted by Crippen LogP contribution is -2.54. The highest BCUT2D eigenvalue weighted by atomic mass is 16.5. The van der Waals surface area contributed by atoms with Gasteiger partial charge in [-0.25, -0.2) is 0 Å². The lowest BCUT2D eigenvalue weighted by Gasteiger charge is -2.31. The molecule has 0 saturated carbocycles. The molecule has 0 fully saturated rings. The van der Waals surface area contributed by atoms with Crippen LogP contribution in [0.3, 0.4) is 0 Å². The molecule has 0 radical (unpaired) electrons. The Morgan fingerprint density at radius 1 is 1.35 bits per heavy atom. The van der Waals surface area contributed by atoms with Gasteiger partial charge in [0.15, 0.2) is 0 Å². The Labute approximate surface area is 99.7 Å². The van der Waals surface area contributed by atoms with Gasteiger partial charge in [0.25, 0.3) is 0 Å². The van der Waals surface area contributed by atoms with Gasteiger partial charge in [-0.3, -0.25) is 4.79 Å². The molecule has 7 nitrogen and oxygen atoms in total. The van der Waals surface area contributed by atoms with Crippen LogP contribution in [0.5, 0.6) is 0 Å². The van der Waals surface area contributed by atoms with Gasteiger partial charge in [0.1, 0.15) is 30.6 Å². The van der Waals surface area contributed by atoms with Crippen LogP contribution in [-0.2, 0) is 19.1 Å². The number of hydrogen-bond acceptors (Lipinski definition) is 6. The fourth-order valence-corrected chi connectivity index (χ4v) is 1.53. The third-order valence-corrected chi connectivity index (χ3v) is 2.30. The van der Waals surface area contributed by atoms with E-state index < -0.39 is 36.9 Å². The summed E-state index contributed by atoms with van der Waals surface area (Å²) < 4.78 is 10.0. The van der Waals surface area contributed by atoms with E-state index in [0.717, 1.165) is 0 Å². The Hall–Kier alpha value is -1.02. The maximum atomic E-state index is 10.9. The minimum absolute atomic E-state index is 0.405. The minimum atomic E-state index is -1.21. The van der Waals surface area contributed by atoms with Gasteiger partial charge in [-0.05, 0) is 0 Å². The molecule has 0 heterocycles. The normalized spacial score (nSPS) is 17.9. The molecule has 0 aromatic rings. The predicted octanol–water partition coefficient (Wildman–Crippen LogP) is -1.93. The van der Waals surface area contributed by atoms with E-state index in [2.05, 4.69) is 5.32 Å². The first-order valence-electron chi connectivity index (χ1n) is 5.08. The van der Waals surface area contributed by atoms with Crippen LogP contribution in [0.4, 0.5) is 0 Å². The highest BCUT2D eigenvalue weighted by Gasteiger charge is 2.34. The Balaban J connectivity index is 4.85. The van der Waals surface area contributed by atoms with Crippen LogP contribution in [0.25, 0.3) is 0 Å². The smallest absolute Gasteiger partial charge is 0.217 e. The lowest BCUT2D eigenvalue weighted by atomic mass is 10.0. The molecular formula is C10H19NO6. The number of aliphatic hydroxyl groups is 2. The molecule has 0 spiro atoms. The molecule has 0 unspecified atom stereocenters. The number of aliphatic hydroxyl groups excluding tert-OH is 2. The molecule has 1 amide bonds. The van der Waals surface area contributed by atoms with E-state index >= 15 is 0 Å². The van der Waals surface area contributed by atoms with Crippen LogP contribution < -0.4 is 5.32 Å². The number of carbonyl (C=O) groups is 2. The molecule has 0 bridgehead atoms. The topological polar surface area (TPSA) is 105 Å². The van der Waals surface area contributed by atoms with Crippen LogP contribution in [-0.4, -0.2) is 67.6 Å². The number of ether oxygens (including phenoxy) is 2. The maximum Gasteiger partial charge on any atom is 0.217 e. The molecule has 100 valence electrons. The second-order valence-electron chi connectivity index (χ2n) is 3.51. The van der Waals surface area contributed by atoms with Crippen molar-refractivity contribution < 1.29 is 29.3 Å². The van der Waals surface area contributed by atoms with Crippen molar-refractivity contribution in [2.75, 3.05) is 20.8 Å². The molecular weight excluding hydrogens is 230 g/mol. The van der Waals surface area contributed by atoms with Crippen molar-refractivity contribution in [2.45, 2.75) is 31.3 Å². The molecule has 0 aromatic heterocycles. The van der Waals surface area contributed by atoms with Crippen LogP contribution in [0, 0.1) is 0 Å². The van der Waals surface area contributed by atoms with Gasteiger partial charge >= 0.3 is 0 Å². The first-order valence-corrected chi connectivity index (χ1v) is 5.08. The van der Waals surface area contributed by atoms with Crippen molar-refractivity contribution in [3.05, 3.63) is 0 Å². The number of hydrogen-bond donors (Lipinski definition) is 3. The van der Waals surface area contributed by atoms with Crippen molar-refractivity contribution in [2.24, 2.45) is 0 Å². The quantitative estimate of drug-likeness (QED) is 0.433. The molecule has 3 N–H and O–H groups in total. The van der Waals surface area contributed by atoms with E-state index in [9.17, 15) is 14.7 Å². The standard InChI is InChI=1S/C10H19NO6/c1-6(14)11-7(4-12)9(16-2)10(17-3)8(15)5-13/h4,7-10,13,15H,5H2,1-3H3,(H,11,14)/t7-,8+,9+,10+/m0/s1. The third-order valence-electron chi connectivity index (χ3n) is 2.30. The van der Waals surface area contributed by atoms with Crippen LogP contribution in [0.2, 0.25) is 0 Å². The van der Waals surface area contributed by atoms with Gasteiger partial charge in [0, 0.05) is 21.1 Å². The van der Waals surface area contributed by atoms with Gasteiger partial charge in [-0.15, -0.1) is 0 Å². The second-order valence-corrected chi connectivity index (χ2v) is 3.51. The molecule has 7 heteroatoms. The monoisotopic (exact) mass is 249 g/mol. The molecule has 0 aliphatic carbocycles. The Morgan fingerprint density at radius 2 is 1.88 bits per heavy atom. The van der Waals surface area contributed by atoms with Crippen molar-refractivity contribution in [3.63, 3.8) is 0 Å². The fourth-order valence-electron chi connectivity index (χ4n) is 1.53. The average molecular weight is 249 g/mol. The molecule has 0 saturated heterocycles. The van der Waals surface area contributed by atoms with Crippen molar-refractivity contribution in [1.29, 1.82) is 0 Å². The first-order chi connectivity index (χ1) is 8.01. The first kappa shape index (κ1) is 16.0. The number of carbonyl (C=O) groups excluding carboxylic acids is 2. The Bertz CT molecular complexity index is 247. The molecule has 0 aliphatic rings. The van der Waals surface area contributed by atoms with Crippen molar-refractivity contribution in [1.82, 2.24) is 5.32 Å². The largest absolute Gasteiger partial charge is 0.394 e. The molecule has 0 aliphatic heterocycles. The summed E-state index contributed by atoms with van der Waals surface area (Å²) in [7, 11) is 2.63. The van der Waals surface area contributed by atoms with Crippen LogP contribution in [0.15, 0.2) is 0 Å². The summed E-state index contributed by atoms with van der Waals surface area (Å²) in [6.07, 6.45) is -2.53. The highest BCUT2D eigenvalue weighted by molar-refractivity contribution is 5.77. The summed E-state index contributed by atoms with van der Waals surface area (Å²) in [5.74, 6) is -0.405.